The molecule has 1 N–H and O–H groups in total. The van der Waals surface area contributed by atoms with Crippen molar-refractivity contribution in [3.05, 3.63) is 0 Å². The first-order valence-electron chi connectivity index (χ1n) is 5.70. The molecule has 1 heterocycles. The van der Waals surface area contributed by atoms with Crippen LogP contribution in [-0.2, 0) is 0 Å². The second-order valence-electron chi connectivity index (χ2n) is 4.15. The van der Waals surface area contributed by atoms with Crippen LogP contribution in [0, 0.1) is 12.3 Å². The lowest BCUT2D eigenvalue weighted by Gasteiger charge is -2.37. The molecule has 0 saturated carbocycles. The summed E-state index contributed by atoms with van der Waals surface area (Å²) in [6, 6.07) is 1.43. The molecule has 0 amide bonds. The smallest absolute Gasteiger partial charge is 0.0545 e. The topological polar surface area (TPSA) is 15.3 Å². The zero-order valence-electron chi connectivity index (χ0n) is 9.83. The first-order chi connectivity index (χ1) is 7.27. The first-order valence-corrected chi connectivity index (χ1v) is 6.86. The third-order valence-electron chi connectivity index (χ3n) is 3.13. The molecule has 0 aromatic heterocycles. The van der Waals surface area contributed by atoms with Gasteiger partial charge < -0.3 is 5.32 Å². The number of hydrogen-bond donors (Lipinski definition) is 1. The highest BCUT2D eigenvalue weighted by atomic mass is 32.2. The van der Waals surface area contributed by atoms with Gasteiger partial charge in [0.25, 0.3) is 0 Å². The van der Waals surface area contributed by atoms with E-state index in [1.54, 1.807) is 0 Å². The molecule has 15 heavy (non-hydrogen) atoms. The number of piperidine rings is 1. The normalized spacial score (nSPS) is 27.5. The van der Waals surface area contributed by atoms with E-state index < -0.39 is 0 Å². The summed E-state index contributed by atoms with van der Waals surface area (Å²) in [5, 5.41) is 3.37. The van der Waals surface area contributed by atoms with Gasteiger partial charge in [0.2, 0.25) is 0 Å². The average molecular weight is 226 g/mol. The fraction of sp³-hybridized carbons (Fsp3) is 0.833. The van der Waals surface area contributed by atoms with Gasteiger partial charge in [0.1, 0.15) is 0 Å². The Kier molecular flexibility index (Phi) is 6.16. The van der Waals surface area contributed by atoms with Crippen molar-refractivity contribution in [2.45, 2.75) is 31.8 Å². The lowest BCUT2D eigenvalue weighted by molar-refractivity contribution is 0.147. The molecule has 1 rings (SSSR count). The molecule has 2 atom stereocenters. The van der Waals surface area contributed by atoms with Gasteiger partial charge in [-0.1, -0.05) is 5.92 Å². The van der Waals surface area contributed by atoms with E-state index in [9.17, 15) is 0 Å². The summed E-state index contributed by atoms with van der Waals surface area (Å²) in [7, 11) is 2.07. The highest BCUT2D eigenvalue weighted by Gasteiger charge is 2.23. The van der Waals surface area contributed by atoms with Crippen molar-refractivity contribution in [3.63, 3.8) is 0 Å². The van der Waals surface area contributed by atoms with Gasteiger partial charge in [0.15, 0.2) is 0 Å². The maximum absolute atomic E-state index is 5.22. The maximum Gasteiger partial charge on any atom is 0.0545 e. The molecule has 1 aliphatic heterocycles. The average Bonchev–Trinajstić information content (AvgIpc) is 2.26. The minimum Gasteiger partial charge on any atom is -0.317 e. The van der Waals surface area contributed by atoms with Crippen molar-refractivity contribution < 1.29 is 0 Å². The highest BCUT2D eigenvalue weighted by molar-refractivity contribution is 7.99. The molecule has 2 unspecified atom stereocenters. The summed E-state index contributed by atoms with van der Waals surface area (Å²) in [4.78, 5) is 2.58. The Bertz CT molecular complexity index is 212. The van der Waals surface area contributed by atoms with Gasteiger partial charge in [-0.15, -0.1) is 18.2 Å². The molecule has 0 radical (unpaired) electrons. The van der Waals surface area contributed by atoms with Crippen molar-refractivity contribution >= 4 is 11.8 Å². The van der Waals surface area contributed by atoms with Crippen LogP contribution < -0.4 is 5.32 Å². The van der Waals surface area contributed by atoms with Crippen LogP contribution in [0.2, 0.25) is 0 Å². The van der Waals surface area contributed by atoms with E-state index in [-0.39, 0.29) is 0 Å². The second kappa shape index (κ2) is 7.16. The summed E-state index contributed by atoms with van der Waals surface area (Å²) in [5.41, 5.74) is 0. The molecule has 0 spiro atoms. The number of thioether (sulfide) groups is 1. The highest BCUT2D eigenvalue weighted by Crippen LogP contribution is 2.17. The van der Waals surface area contributed by atoms with Crippen LogP contribution in [-0.4, -0.2) is 48.6 Å². The quantitative estimate of drug-likeness (QED) is 0.564. The fourth-order valence-electron chi connectivity index (χ4n) is 2.13. The zero-order chi connectivity index (χ0) is 11.1. The van der Waals surface area contributed by atoms with Crippen molar-refractivity contribution in [2.75, 3.05) is 31.6 Å². The summed E-state index contributed by atoms with van der Waals surface area (Å²) in [6.07, 6.45) is 7.77. The molecular weight excluding hydrogens is 204 g/mol. The summed E-state index contributed by atoms with van der Waals surface area (Å²) < 4.78 is 0. The SMILES string of the molecule is C#CCSCCN1CCC(NC)CC1C. The standard InChI is InChI=1S/C12H22N2S/c1-4-8-15-9-7-14-6-5-12(13-3)10-11(14)2/h1,11-13H,5-10H2,2-3H3. The van der Waals surface area contributed by atoms with Gasteiger partial charge in [-0.3, -0.25) is 4.90 Å². The Morgan fingerprint density at radius 1 is 1.60 bits per heavy atom. The van der Waals surface area contributed by atoms with Crippen LogP contribution in [0.3, 0.4) is 0 Å². The fourth-order valence-corrected chi connectivity index (χ4v) is 2.75. The Hall–Kier alpha value is -0.170. The van der Waals surface area contributed by atoms with E-state index in [0.29, 0.717) is 6.04 Å². The van der Waals surface area contributed by atoms with Crippen molar-refractivity contribution in [1.82, 2.24) is 10.2 Å². The molecule has 0 aromatic carbocycles. The van der Waals surface area contributed by atoms with Crippen molar-refractivity contribution in [1.29, 1.82) is 0 Å². The van der Waals surface area contributed by atoms with Gasteiger partial charge >= 0.3 is 0 Å². The molecule has 1 saturated heterocycles. The summed E-state index contributed by atoms with van der Waals surface area (Å²) in [5.74, 6) is 4.68. The molecule has 1 fully saturated rings. The third kappa shape index (κ3) is 4.46. The molecule has 0 bridgehead atoms. The van der Waals surface area contributed by atoms with E-state index in [0.717, 1.165) is 11.8 Å². The van der Waals surface area contributed by atoms with Crippen molar-refractivity contribution in [3.8, 4) is 12.3 Å². The Morgan fingerprint density at radius 2 is 2.40 bits per heavy atom. The molecule has 0 aromatic rings. The lowest BCUT2D eigenvalue weighted by atomic mass is 9.99. The molecule has 2 nitrogen and oxygen atoms in total. The minimum atomic E-state index is 0.711. The maximum atomic E-state index is 5.22. The van der Waals surface area contributed by atoms with Crippen LogP contribution >= 0.6 is 11.8 Å². The number of nitrogens with zero attached hydrogens (tertiary/aromatic N) is 1. The number of hydrogen-bond acceptors (Lipinski definition) is 3. The van der Waals surface area contributed by atoms with Gasteiger partial charge in [-0.25, -0.2) is 0 Å². The van der Waals surface area contributed by atoms with Gasteiger partial charge in [0.05, 0.1) is 5.75 Å². The third-order valence-corrected chi connectivity index (χ3v) is 3.97. The Labute approximate surface area is 98.2 Å². The van der Waals surface area contributed by atoms with Crippen LogP contribution in [0.1, 0.15) is 19.8 Å². The van der Waals surface area contributed by atoms with Crippen LogP contribution in [0.4, 0.5) is 0 Å². The van der Waals surface area contributed by atoms with Gasteiger partial charge in [0, 0.05) is 24.4 Å². The van der Waals surface area contributed by atoms with E-state index in [1.807, 2.05) is 11.8 Å². The molecule has 0 aliphatic carbocycles. The van der Waals surface area contributed by atoms with E-state index >= 15 is 0 Å². The van der Waals surface area contributed by atoms with Crippen molar-refractivity contribution in [2.24, 2.45) is 0 Å². The number of terminal acetylenes is 1. The van der Waals surface area contributed by atoms with E-state index in [1.165, 1.54) is 31.7 Å². The van der Waals surface area contributed by atoms with E-state index in [4.69, 9.17) is 6.42 Å². The lowest BCUT2D eigenvalue weighted by Crippen LogP contribution is -2.47. The molecule has 1 aliphatic rings. The first kappa shape index (κ1) is 12.9. The van der Waals surface area contributed by atoms with Gasteiger partial charge in [-0.2, -0.15) is 0 Å². The van der Waals surface area contributed by atoms with Crippen LogP contribution in [0.5, 0.6) is 0 Å². The van der Waals surface area contributed by atoms with E-state index in [2.05, 4.69) is 30.1 Å². The predicted molar refractivity (Wildman–Crippen MR) is 69.3 cm³/mol. The molecule has 86 valence electrons. The summed E-state index contributed by atoms with van der Waals surface area (Å²) >= 11 is 1.86. The second-order valence-corrected chi connectivity index (χ2v) is 5.26. The molecule has 3 heteroatoms. The predicted octanol–water partition coefficient (Wildman–Crippen LogP) is 1.43. The number of likely N-dealkylation sites (tertiary alicyclic amines) is 1. The molecular formula is C12H22N2S. The number of rotatable bonds is 5. The van der Waals surface area contributed by atoms with Gasteiger partial charge in [-0.05, 0) is 33.4 Å². The Balaban J connectivity index is 2.17. The monoisotopic (exact) mass is 226 g/mol. The summed E-state index contributed by atoms with van der Waals surface area (Å²) in [6.45, 7) is 4.74. The minimum absolute atomic E-state index is 0.711. The number of nitrogens with one attached hydrogen (secondary N) is 1. The van der Waals surface area contributed by atoms with Crippen LogP contribution in [0.15, 0.2) is 0 Å². The Morgan fingerprint density at radius 3 is 3.00 bits per heavy atom. The van der Waals surface area contributed by atoms with Crippen LogP contribution in [0.25, 0.3) is 0 Å². The zero-order valence-corrected chi connectivity index (χ0v) is 10.6. The largest absolute Gasteiger partial charge is 0.317 e.